The van der Waals surface area contributed by atoms with Gasteiger partial charge in [0.05, 0.1) is 32.5 Å². The van der Waals surface area contributed by atoms with Crippen LogP contribution in [-0.4, -0.2) is 19.4 Å². The van der Waals surface area contributed by atoms with Gasteiger partial charge in [-0.25, -0.2) is 15.0 Å². The van der Waals surface area contributed by atoms with Gasteiger partial charge >= 0.3 is 0 Å². The second kappa shape index (κ2) is 12.3. The van der Waals surface area contributed by atoms with E-state index in [-0.39, 0.29) is 33.6 Å². The van der Waals surface area contributed by atoms with Crippen LogP contribution in [0.2, 0.25) is 0 Å². The average Bonchev–Trinajstić information content (AvgIpc) is 3.89. The number of thiazole rings is 1. The number of para-hydroxylation sites is 1. The first-order valence-electron chi connectivity index (χ1n) is 26.4. The predicted molar refractivity (Wildman–Crippen MR) is 243 cm³/mol. The molecule has 3 aromatic heterocycles. The van der Waals surface area contributed by atoms with Crippen LogP contribution < -0.4 is 4.74 Å². The van der Waals surface area contributed by atoms with Crippen LogP contribution in [0.25, 0.3) is 93.4 Å². The molecule has 12 rings (SSSR count). The summed E-state index contributed by atoms with van der Waals surface area (Å²) in [6.45, 7) is -16.1. The topological polar surface area (TPSA) is 52.3 Å². The van der Waals surface area contributed by atoms with E-state index in [9.17, 15) is 12.3 Å². The molecule has 282 valence electrons. The van der Waals surface area contributed by atoms with Crippen LogP contribution >= 0.6 is 11.3 Å². The minimum absolute atomic E-state index is 0.0446. The highest BCUT2D eigenvalue weighted by Gasteiger charge is 2.38. The molecule has 7 aromatic carbocycles. The first kappa shape index (κ1) is 22.3. The van der Waals surface area contributed by atoms with Gasteiger partial charge in [-0.3, -0.25) is 4.40 Å². The summed E-state index contributed by atoms with van der Waals surface area (Å²) in [6, 6.07) is 37.8. The standard InChI is InChI=1S/C53H38N4OS/c1-29-22-24-40-44(26-29)58-50-41(53(40,4)5)27-38(46-30(2)23-25-43-49(46)56-52-57(43)42-20-12-13-21-45(42)59-52)31(3)47(50)51-54-28-39-36-18-9-8-16-34(36)32-14-6-7-15-33(32)35-17-10-11-19-37(35)48(39)55-51/h6-28H,1-5H3/i1D3,2D3,3D3,4D3,5D3. The lowest BCUT2D eigenvalue weighted by Crippen LogP contribution is -2.25. The molecule has 59 heavy (non-hydrogen) atoms. The summed E-state index contributed by atoms with van der Waals surface area (Å²) in [5.41, 5.74) is 0.401. The predicted octanol–water partition coefficient (Wildman–Crippen LogP) is 14.2. The molecule has 0 radical (unpaired) electrons. The normalized spacial score (nSPS) is 18.3. The van der Waals surface area contributed by atoms with Crippen molar-refractivity contribution in [3.8, 4) is 78.7 Å². The Bertz CT molecular complexity index is 3990. The van der Waals surface area contributed by atoms with Gasteiger partial charge in [-0.1, -0.05) is 128 Å². The summed E-state index contributed by atoms with van der Waals surface area (Å²) in [4.78, 5) is 15.6. The zero-order valence-electron chi connectivity index (χ0n) is 45.9. The quantitative estimate of drug-likeness (QED) is 0.175. The van der Waals surface area contributed by atoms with Crippen molar-refractivity contribution in [3.05, 3.63) is 167 Å². The van der Waals surface area contributed by atoms with Crippen molar-refractivity contribution < 1.29 is 25.3 Å². The van der Waals surface area contributed by atoms with Gasteiger partial charge in [-0.15, -0.1) is 0 Å². The number of ether oxygens (including phenoxy) is 1. The summed E-state index contributed by atoms with van der Waals surface area (Å²) in [7, 11) is 0. The minimum Gasteiger partial charge on any atom is -0.456 e. The molecule has 6 heteroatoms. The first-order chi connectivity index (χ1) is 34.9. The van der Waals surface area contributed by atoms with E-state index < -0.39 is 73.4 Å². The molecule has 0 spiro atoms. The Morgan fingerprint density at radius 3 is 2.05 bits per heavy atom. The molecule has 10 aromatic rings. The van der Waals surface area contributed by atoms with Gasteiger partial charge in [0.15, 0.2) is 10.8 Å². The Labute approximate surface area is 367 Å². The Hall–Kier alpha value is -6.89. The lowest BCUT2D eigenvalue weighted by atomic mass is 9.73. The highest BCUT2D eigenvalue weighted by molar-refractivity contribution is 7.23. The van der Waals surface area contributed by atoms with Crippen LogP contribution in [-0.2, 0) is 5.41 Å². The van der Waals surface area contributed by atoms with Crippen molar-refractivity contribution in [3.63, 3.8) is 0 Å². The molecule has 0 unspecified atom stereocenters. The van der Waals surface area contributed by atoms with Gasteiger partial charge in [0.25, 0.3) is 0 Å². The van der Waals surface area contributed by atoms with Crippen molar-refractivity contribution in [2.75, 3.05) is 0 Å². The smallest absolute Gasteiger partial charge is 0.195 e. The lowest BCUT2D eigenvalue weighted by Gasteiger charge is -2.37. The third kappa shape index (κ3) is 4.81. The van der Waals surface area contributed by atoms with E-state index in [0.717, 1.165) is 62.3 Å². The van der Waals surface area contributed by atoms with Crippen molar-refractivity contribution in [2.24, 2.45) is 0 Å². The monoisotopic (exact) mass is 793 g/mol. The summed E-state index contributed by atoms with van der Waals surface area (Å²) in [5, 5.41) is 0. The lowest BCUT2D eigenvalue weighted by molar-refractivity contribution is 0.419. The van der Waals surface area contributed by atoms with E-state index in [0.29, 0.717) is 27.3 Å². The fraction of sp³-hybridized carbons (Fsp3) is 0.113. The van der Waals surface area contributed by atoms with Crippen molar-refractivity contribution >= 4 is 37.5 Å². The summed E-state index contributed by atoms with van der Waals surface area (Å²) in [5.74, 6) is -1.38. The van der Waals surface area contributed by atoms with Gasteiger partial charge in [0.2, 0.25) is 0 Å². The number of imidazole rings is 1. The van der Waals surface area contributed by atoms with Gasteiger partial charge < -0.3 is 4.74 Å². The number of hydrogen-bond donors (Lipinski definition) is 0. The third-order valence-electron chi connectivity index (χ3n) is 11.6. The number of benzene rings is 7. The Morgan fingerprint density at radius 2 is 1.32 bits per heavy atom. The summed E-state index contributed by atoms with van der Waals surface area (Å²) >= 11 is 1.31. The van der Waals surface area contributed by atoms with Gasteiger partial charge in [-0.05, 0) is 101 Å². The van der Waals surface area contributed by atoms with Crippen LogP contribution in [0.3, 0.4) is 0 Å². The Kier molecular flexibility index (Phi) is 4.65. The molecule has 0 N–H and O–H groups in total. The van der Waals surface area contributed by atoms with Crippen molar-refractivity contribution in [2.45, 2.75) is 39.7 Å². The maximum absolute atomic E-state index is 9.50. The summed E-state index contributed by atoms with van der Waals surface area (Å²) in [6.07, 6.45) is 1.52. The first-order valence-corrected chi connectivity index (χ1v) is 19.8. The van der Waals surface area contributed by atoms with Crippen LogP contribution in [0.15, 0.2) is 140 Å². The molecule has 5 nitrogen and oxygen atoms in total. The molecule has 0 saturated heterocycles. The van der Waals surface area contributed by atoms with Gasteiger partial charge in [0, 0.05) is 60.0 Å². The molecule has 0 fully saturated rings. The number of fused-ring (bicyclic) bond motifs is 15. The highest BCUT2D eigenvalue weighted by Crippen LogP contribution is 2.55. The maximum atomic E-state index is 9.50. The molecule has 0 amide bonds. The number of nitrogens with zero attached hydrogens (tertiary/aromatic N) is 4. The fourth-order valence-corrected chi connectivity index (χ4v) is 9.92. The molecule has 2 aliphatic rings. The average molecular weight is 794 g/mol. The molecule has 1 aliphatic heterocycles. The molecule has 0 atom stereocenters. The number of aryl methyl sites for hydroxylation is 2. The maximum Gasteiger partial charge on any atom is 0.195 e. The minimum atomic E-state index is -3.53. The molecular weight excluding hydrogens is 741 g/mol. The molecule has 4 heterocycles. The van der Waals surface area contributed by atoms with E-state index in [2.05, 4.69) is 0 Å². The van der Waals surface area contributed by atoms with Crippen molar-refractivity contribution in [1.29, 1.82) is 0 Å². The van der Waals surface area contributed by atoms with E-state index in [4.69, 9.17) is 27.9 Å². The fourth-order valence-electron chi connectivity index (χ4n) is 8.89. The molecule has 0 saturated carbocycles. The third-order valence-corrected chi connectivity index (χ3v) is 12.6. The van der Waals surface area contributed by atoms with E-state index in [1.165, 1.54) is 23.6 Å². The van der Waals surface area contributed by atoms with Crippen LogP contribution in [0.1, 0.15) is 62.1 Å². The van der Waals surface area contributed by atoms with E-state index >= 15 is 0 Å². The van der Waals surface area contributed by atoms with Gasteiger partial charge in [-0.2, -0.15) is 0 Å². The van der Waals surface area contributed by atoms with Crippen LogP contribution in [0, 0.1) is 20.6 Å². The van der Waals surface area contributed by atoms with Crippen molar-refractivity contribution in [1.82, 2.24) is 19.4 Å². The van der Waals surface area contributed by atoms with Crippen LogP contribution in [0.4, 0.5) is 0 Å². The molecule has 0 bridgehead atoms. The zero-order chi connectivity index (χ0) is 52.2. The number of rotatable bonds is 2. The SMILES string of the molecule is [2H]C([2H])([2H])c1ccc2c(c1)Oc1c(cc(-c3c(C([2H])([2H])[2H])ccc4c3nc3sc5ccccc5n34)c(C([2H])([2H])[2H])c1-c1ncc3c(n1)-c1ccccc1-c1ccccc1-c1ccccc1-3)C2(C([2H])([2H])[2H])C([2H])([2H])[2H]. The van der Waals surface area contributed by atoms with Crippen LogP contribution in [0.5, 0.6) is 11.5 Å². The Balaban J connectivity index is 1.30. The Morgan fingerprint density at radius 1 is 0.610 bits per heavy atom. The number of aromatic nitrogens is 4. The molecule has 1 aliphatic carbocycles. The van der Waals surface area contributed by atoms with E-state index in [1.807, 2.05) is 101 Å². The van der Waals surface area contributed by atoms with E-state index in [1.54, 1.807) is 6.07 Å². The second-order valence-electron chi connectivity index (χ2n) is 14.9. The molecular formula is C53H38N4OS. The second-order valence-corrected chi connectivity index (χ2v) is 15.9. The largest absolute Gasteiger partial charge is 0.456 e. The van der Waals surface area contributed by atoms with Gasteiger partial charge in [0.1, 0.15) is 11.5 Å². The summed E-state index contributed by atoms with van der Waals surface area (Å²) < 4.78 is 146. The number of hydrogen-bond acceptors (Lipinski definition) is 5. The zero-order valence-corrected chi connectivity index (χ0v) is 31.7. The highest BCUT2D eigenvalue weighted by atomic mass is 32.1.